The van der Waals surface area contributed by atoms with Crippen molar-refractivity contribution in [3.8, 4) is 0 Å². The summed E-state index contributed by atoms with van der Waals surface area (Å²) in [4.78, 5) is 27.4. The molecule has 2 rings (SSSR count). The molecule has 0 saturated heterocycles. The van der Waals surface area contributed by atoms with Crippen LogP contribution in [0.3, 0.4) is 0 Å². The largest absolute Gasteiger partial charge is 0.349 e. The van der Waals surface area contributed by atoms with Crippen molar-refractivity contribution in [2.24, 2.45) is 5.73 Å². The number of fused-ring (bicyclic) bond motifs is 1. The second-order valence-corrected chi connectivity index (χ2v) is 6.07. The molecule has 1 aromatic carbocycles. The predicted octanol–water partition coefficient (Wildman–Crippen LogP) is 2.02. The number of carbonyl (C=O) groups is 2. The molecule has 22 heavy (non-hydrogen) atoms. The number of halogens is 2. The third kappa shape index (κ3) is 3.72. The van der Waals surface area contributed by atoms with Gasteiger partial charge in [0.15, 0.2) is 0 Å². The molecule has 0 fully saturated rings. The molecule has 0 radical (unpaired) electrons. The Bertz CT molecular complexity index is 576. The number of rotatable bonds is 3. The summed E-state index contributed by atoms with van der Waals surface area (Å²) in [6, 6.07) is 4.83. The molecule has 5 nitrogen and oxygen atoms in total. The molecule has 2 amide bonds. The second kappa shape index (κ2) is 7.31. The minimum atomic E-state index is -0.572. The number of hydrogen-bond donors (Lipinski definition) is 1. The minimum Gasteiger partial charge on any atom is -0.349 e. The third-order valence-electron chi connectivity index (χ3n) is 3.70. The van der Waals surface area contributed by atoms with Crippen LogP contribution in [0.1, 0.15) is 24.8 Å². The number of carbonyl (C=O) groups excluding carboxylic acids is 2. The van der Waals surface area contributed by atoms with Crippen molar-refractivity contribution in [2.75, 3.05) is 25.5 Å². The zero-order valence-electron chi connectivity index (χ0n) is 12.9. The van der Waals surface area contributed by atoms with Gasteiger partial charge in [0.1, 0.15) is 0 Å². The van der Waals surface area contributed by atoms with Gasteiger partial charge in [0.2, 0.25) is 11.8 Å². The summed E-state index contributed by atoms with van der Waals surface area (Å²) in [6.07, 6.45) is 0.350. The fraction of sp³-hybridized carbons (Fsp3) is 0.467. The van der Waals surface area contributed by atoms with Crippen LogP contribution in [0, 0.1) is 0 Å². The molecule has 0 aromatic heterocycles. The van der Waals surface area contributed by atoms with Crippen LogP contribution < -0.4 is 10.6 Å². The van der Waals surface area contributed by atoms with E-state index in [4.69, 9.17) is 17.3 Å². The highest BCUT2D eigenvalue weighted by atomic mass is 35.5. The van der Waals surface area contributed by atoms with Gasteiger partial charge >= 0.3 is 0 Å². The number of benzene rings is 1. The maximum absolute atomic E-state index is 12.2. The highest BCUT2D eigenvalue weighted by molar-refractivity contribution is 6.30. The lowest BCUT2D eigenvalue weighted by molar-refractivity contribution is -0.129. The van der Waals surface area contributed by atoms with Gasteiger partial charge in [0.25, 0.3) is 0 Å². The van der Waals surface area contributed by atoms with Gasteiger partial charge in [-0.3, -0.25) is 9.59 Å². The fourth-order valence-electron chi connectivity index (χ4n) is 2.54. The molecule has 1 heterocycles. The summed E-state index contributed by atoms with van der Waals surface area (Å²) in [5.74, 6) is -0.157. The van der Waals surface area contributed by atoms with Crippen LogP contribution in [0.15, 0.2) is 18.2 Å². The second-order valence-electron chi connectivity index (χ2n) is 5.63. The number of anilines is 1. The van der Waals surface area contributed by atoms with Crippen LogP contribution in [-0.2, 0) is 9.59 Å². The van der Waals surface area contributed by atoms with Crippen LogP contribution in [-0.4, -0.2) is 43.4 Å². The van der Waals surface area contributed by atoms with Crippen molar-refractivity contribution in [1.82, 2.24) is 4.90 Å². The molecule has 1 unspecified atom stereocenters. The Hall–Kier alpha value is -1.30. The number of nitrogens with zero attached hydrogens (tertiary/aromatic N) is 2. The van der Waals surface area contributed by atoms with E-state index < -0.39 is 6.04 Å². The Morgan fingerprint density at radius 3 is 2.64 bits per heavy atom. The standard InChI is InChI=1S/C15H20ClN3O2.ClH/c1-9(17)15(21)19-8-10(6-14(20)18(2)3)12-7-11(16)4-5-13(12)19;/h4-5,7,9-10H,6,8,17H2,1-3H3;1H/t9-,10?;/m1./s1. The fourth-order valence-corrected chi connectivity index (χ4v) is 2.72. The quantitative estimate of drug-likeness (QED) is 0.911. The van der Waals surface area contributed by atoms with E-state index in [1.807, 2.05) is 12.1 Å². The van der Waals surface area contributed by atoms with Gasteiger partial charge in [-0.05, 0) is 30.7 Å². The normalized spacial score (nSPS) is 17.5. The lowest BCUT2D eigenvalue weighted by Gasteiger charge is -2.20. The summed E-state index contributed by atoms with van der Waals surface area (Å²) in [5.41, 5.74) is 7.45. The first-order valence-electron chi connectivity index (χ1n) is 6.87. The first-order valence-corrected chi connectivity index (χ1v) is 7.25. The van der Waals surface area contributed by atoms with E-state index >= 15 is 0 Å². The summed E-state index contributed by atoms with van der Waals surface area (Å²) in [7, 11) is 3.45. The Balaban J connectivity index is 0.00000242. The molecule has 0 saturated carbocycles. The number of nitrogens with two attached hydrogens (primary N) is 1. The van der Waals surface area contributed by atoms with Crippen LogP contribution in [0.2, 0.25) is 5.02 Å². The van der Waals surface area contributed by atoms with Gasteiger partial charge in [-0.15, -0.1) is 12.4 Å². The van der Waals surface area contributed by atoms with Gasteiger partial charge in [-0.1, -0.05) is 11.6 Å². The zero-order valence-corrected chi connectivity index (χ0v) is 14.4. The molecule has 1 aromatic rings. The first-order chi connectivity index (χ1) is 9.81. The summed E-state index contributed by atoms with van der Waals surface area (Å²) < 4.78 is 0. The molecule has 1 aliphatic rings. The Morgan fingerprint density at radius 1 is 1.45 bits per heavy atom. The van der Waals surface area contributed by atoms with Crippen LogP contribution >= 0.6 is 24.0 Å². The van der Waals surface area contributed by atoms with E-state index in [9.17, 15) is 9.59 Å². The van der Waals surface area contributed by atoms with Gasteiger partial charge in [0, 0.05) is 43.7 Å². The Morgan fingerprint density at radius 2 is 2.09 bits per heavy atom. The number of amides is 2. The summed E-state index contributed by atoms with van der Waals surface area (Å²) >= 11 is 6.05. The van der Waals surface area contributed by atoms with Crippen molar-refractivity contribution in [3.05, 3.63) is 28.8 Å². The zero-order chi connectivity index (χ0) is 15.7. The van der Waals surface area contributed by atoms with Crippen molar-refractivity contribution < 1.29 is 9.59 Å². The van der Waals surface area contributed by atoms with E-state index in [1.165, 1.54) is 0 Å². The number of hydrogen-bond acceptors (Lipinski definition) is 3. The smallest absolute Gasteiger partial charge is 0.243 e. The molecule has 0 aliphatic carbocycles. The third-order valence-corrected chi connectivity index (χ3v) is 3.93. The first kappa shape index (κ1) is 18.7. The molecule has 2 N–H and O–H groups in total. The van der Waals surface area contributed by atoms with Gasteiger partial charge in [0.05, 0.1) is 6.04 Å². The summed E-state index contributed by atoms with van der Waals surface area (Å²) in [6.45, 7) is 2.13. The SMILES string of the molecule is C[C@@H](N)C(=O)N1CC(CC(=O)N(C)C)c2cc(Cl)ccc21.Cl. The average molecular weight is 346 g/mol. The molecule has 122 valence electrons. The maximum atomic E-state index is 12.2. The molecule has 7 heteroatoms. The van der Waals surface area contributed by atoms with E-state index in [-0.39, 0.29) is 30.1 Å². The lowest BCUT2D eigenvalue weighted by Crippen LogP contribution is -2.41. The molecule has 0 spiro atoms. The van der Waals surface area contributed by atoms with Gasteiger partial charge < -0.3 is 15.5 Å². The van der Waals surface area contributed by atoms with Gasteiger partial charge in [-0.25, -0.2) is 0 Å². The van der Waals surface area contributed by atoms with Crippen molar-refractivity contribution in [3.63, 3.8) is 0 Å². The van der Waals surface area contributed by atoms with Crippen molar-refractivity contribution >= 4 is 41.5 Å². The average Bonchev–Trinajstić information content (AvgIpc) is 2.75. The van der Waals surface area contributed by atoms with E-state index in [1.54, 1.807) is 36.9 Å². The monoisotopic (exact) mass is 345 g/mol. The molecule has 0 bridgehead atoms. The molecule has 1 aliphatic heterocycles. The van der Waals surface area contributed by atoms with E-state index in [0.717, 1.165) is 11.3 Å². The highest BCUT2D eigenvalue weighted by Crippen LogP contribution is 2.40. The summed E-state index contributed by atoms with van der Waals surface area (Å²) in [5, 5.41) is 0.603. The van der Waals surface area contributed by atoms with Crippen molar-refractivity contribution in [1.29, 1.82) is 0 Å². The Kier molecular flexibility index (Phi) is 6.23. The van der Waals surface area contributed by atoms with Crippen molar-refractivity contribution in [2.45, 2.75) is 25.3 Å². The van der Waals surface area contributed by atoms with E-state index in [0.29, 0.717) is 18.0 Å². The molecular formula is C15H21Cl2N3O2. The predicted molar refractivity (Wildman–Crippen MR) is 90.8 cm³/mol. The Labute approximate surface area is 141 Å². The lowest BCUT2D eigenvalue weighted by atomic mass is 9.97. The minimum absolute atomic E-state index is 0. The van der Waals surface area contributed by atoms with Crippen LogP contribution in [0.25, 0.3) is 0 Å². The van der Waals surface area contributed by atoms with Crippen LogP contribution in [0.5, 0.6) is 0 Å². The molecular weight excluding hydrogens is 325 g/mol. The van der Waals surface area contributed by atoms with Crippen LogP contribution in [0.4, 0.5) is 5.69 Å². The molecule has 2 atom stereocenters. The maximum Gasteiger partial charge on any atom is 0.243 e. The van der Waals surface area contributed by atoms with E-state index in [2.05, 4.69) is 0 Å². The topological polar surface area (TPSA) is 66.6 Å². The highest BCUT2D eigenvalue weighted by Gasteiger charge is 2.34. The van der Waals surface area contributed by atoms with Gasteiger partial charge in [-0.2, -0.15) is 0 Å².